The maximum atomic E-state index is 12.8. The highest BCUT2D eigenvalue weighted by atomic mass is 16.5. The van der Waals surface area contributed by atoms with Crippen molar-refractivity contribution in [3.63, 3.8) is 0 Å². The van der Waals surface area contributed by atoms with Crippen LogP contribution in [0, 0.1) is 6.92 Å². The number of para-hydroxylation sites is 1. The Bertz CT molecular complexity index is 1050. The van der Waals surface area contributed by atoms with E-state index in [1.807, 2.05) is 30.3 Å². The molecule has 6 heteroatoms. The zero-order valence-electron chi connectivity index (χ0n) is 15.5. The minimum absolute atomic E-state index is 0.0983. The van der Waals surface area contributed by atoms with Gasteiger partial charge < -0.3 is 18.6 Å². The maximum Gasteiger partial charge on any atom is 0.339 e. The first-order valence-corrected chi connectivity index (χ1v) is 9.09. The van der Waals surface area contributed by atoms with Crippen molar-refractivity contribution in [3.05, 3.63) is 64.3 Å². The Hall–Kier alpha value is -3.02. The molecule has 0 N–H and O–H groups in total. The number of benzene rings is 1. The zero-order chi connectivity index (χ0) is 19.0. The van der Waals surface area contributed by atoms with Gasteiger partial charge in [-0.25, -0.2) is 4.79 Å². The fourth-order valence-corrected chi connectivity index (χ4v) is 3.73. The van der Waals surface area contributed by atoms with E-state index < -0.39 is 5.63 Å². The van der Waals surface area contributed by atoms with Crippen LogP contribution in [0.2, 0.25) is 0 Å². The number of ether oxygens (including phenoxy) is 1. The van der Waals surface area contributed by atoms with E-state index in [2.05, 4.69) is 16.7 Å². The second-order valence-electron chi connectivity index (χ2n) is 7.05. The first-order valence-electron chi connectivity index (χ1n) is 9.09. The van der Waals surface area contributed by atoms with Crippen molar-refractivity contribution in [1.82, 2.24) is 9.47 Å². The van der Waals surface area contributed by atoms with Crippen LogP contribution in [0.25, 0.3) is 10.9 Å². The Morgan fingerprint density at radius 1 is 1.30 bits per heavy atom. The molecule has 0 bridgehead atoms. The minimum atomic E-state index is -0.424. The fraction of sp³-hybridized carbons (Fsp3) is 0.333. The molecule has 1 atom stereocenters. The highest BCUT2D eigenvalue weighted by Crippen LogP contribution is 2.23. The van der Waals surface area contributed by atoms with Crippen molar-refractivity contribution < 1.29 is 13.9 Å². The number of rotatable bonds is 4. The molecule has 1 aliphatic heterocycles. The van der Waals surface area contributed by atoms with E-state index in [0.29, 0.717) is 31.0 Å². The molecule has 6 nitrogen and oxygen atoms in total. The third-order valence-electron chi connectivity index (χ3n) is 4.99. The summed E-state index contributed by atoms with van der Waals surface area (Å²) >= 11 is 0. The van der Waals surface area contributed by atoms with Crippen LogP contribution in [0.15, 0.2) is 51.8 Å². The topological polar surface area (TPSA) is 64.7 Å². The molecule has 3 heterocycles. The number of amides is 1. The van der Waals surface area contributed by atoms with Crippen LogP contribution in [0.4, 0.5) is 0 Å². The van der Waals surface area contributed by atoms with Crippen molar-refractivity contribution in [3.8, 4) is 5.75 Å². The highest BCUT2D eigenvalue weighted by molar-refractivity contribution is 5.89. The van der Waals surface area contributed by atoms with Crippen molar-refractivity contribution in [1.29, 1.82) is 0 Å². The number of likely N-dealkylation sites (tertiary alicyclic amines) is 1. The van der Waals surface area contributed by atoms with Crippen LogP contribution in [-0.4, -0.2) is 34.6 Å². The summed E-state index contributed by atoms with van der Waals surface area (Å²) in [5, 5.41) is 1.12. The zero-order valence-corrected chi connectivity index (χ0v) is 15.5. The van der Waals surface area contributed by atoms with Crippen molar-refractivity contribution in [2.24, 2.45) is 7.05 Å². The SMILES string of the molecule is Cc1cc(OC2CCN(C(=O)Cc3cn(C)c4ccccc34)C2)cc(=O)o1. The third kappa shape index (κ3) is 3.60. The molecule has 1 aliphatic rings. The molecule has 1 saturated heterocycles. The quantitative estimate of drug-likeness (QED) is 0.712. The number of hydrogen-bond donors (Lipinski definition) is 0. The monoisotopic (exact) mass is 366 g/mol. The standard InChI is InChI=1S/C21H22N2O4/c1-14-9-17(11-21(25)26-14)27-16-7-8-23(13-16)20(24)10-15-12-22(2)19-6-4-3-5-18(15)19/h3-6,9,11-12,16H,7-8,10,13H2,1-2H3. The number of aryl methyl sites for hydroxylation is 2. The van der Waals surface area contributed by atoms with Gasteiger partial charge in [0.25, 0.3) is 0 Å². The van der Waals surface area contributed by atoms with Crippen LogP contribution in [0.1, 0.15) is 17.7 Å². The Labute approximate surface area is 157 Å². The predicted molar refractivity (Wildman–Crippen MR) is 102 cm³/mol. The lowest BCUT2D eigenvalue weighted by Crippen LogP contribution is -2.32. The molecular formula is C21H22N2O4. The lowest BCUT2D eigenvalue weighted by molar-refractivity contribution is -0.129. The summed E-state index contributed by atoms with van der Waals surface area (Å²) in [6, 6.07) is 11.1. The molecule has 1 aromatic carbocycles. The average molecular weight is 366 g/mol. The van der Waals surface area contributed by atoms with Gasteiger partial charge >= 0.3 is 5.63 Å². The van der Waals surface area contributed by atoms with Crippen molar-refractivity contribution in [2.75, 3.05) is 13.1 Å². The number of aromatic nitrogens is 1. The fourth-order valence-electron chi connectivity index (χ4n) is 3.73. The van der Waals surface area contributed by atoms with Gasteiger partial charge in [-0.15, -0.1) is 0 Å². The summed E-state index contributed by atoms with van der Waals surface area (Å²) in [5.74, 6) is 1.11. The first-order chi connectivity index (χ1) is 13.0. The van der Waals surface area contributed by atoms with E-state index in [0.717, 1.165) is 22.9 Å². The molecule has 4 rings (SSSR count). The molecule has 1 fully saturated rings. The smallest absolute Gasteiger partial charge is 0.339 e. The van der Waals surface area contributed by atoms with Gasteiger partial charge in [0.05, 0.1) is 19.0 Å². The summed E-state index contributed by atoms with van der Waals surface area (Å²) in [5.41, 5.74) is 1.74. The van der Waals surface area contributed by atoms with Crippen molar-refractivity contribution >= 4 is 16.8 Å². The number of fused-ring (bicyclic) bond motifs is 1. The summed E-state index contributed by atoms with van der Waals surface area (Å²) in [6.45, 7) is 2.90. The molecule has 1 unspecified atom stereocenters. The Balaban J connectivity index is 1.42. The van der Waals surface area contributed by atoms with E-state index >= 15 is 0 Å². The molecule has 0 saturated carbocycles. The molecule has 1 amide bonds. The average Bonchev–Trinajstić information content (AvgIpc) is 3.20. The molecule has 2 aromatic heterocycles. The van der Waals surface area contributed by atoms with E-state index in [9.17, 15) is 9.59 Å². The molecule has 0 radical (unpaired) electrons. The summed E-state index contributed by atoms with van der Waals surface area (Å²) < 4.78 is 12.9. The van der Waals surface area contributed by atoms with Gasteiger partial charge in [-0.2, -0.15) is 0 Å². The van der Waals surface area contributed by atoms with Gasteiger partial charge in [-0.3, -0.25) is 4.79 Å². The number of carbonyl (C=O) groups excluding carboxylic acids is 1. The van der Waals surface area contributed by atoms with E-state index in [1.54, 1.807) is 13.0 Å². The van der Waals surface area contributed by atoms with Gasteiger partial charge in [0, 0.05) is 43.2 Å². The Morgan fingerprint density at radius 2 is 2.11 bits per heavy atom. The highest BCUT2D eigenvalue weighted by Gasteiger charge is 2.28. The summed E-state index contributed by atoms with van der Waals surface area (Å²) in [7, 11) is 1.99. The van der Waals surface area contributed by atoms with E-state index in [1.165, 1.54) is 6.07 Å². The van der Waals surface area contributed by atoms with Crippen LogP contribution in [0.3, 0.4) is 0 Å². The van der Waals surface area contributed by atoms with Gasteiger partial charge in [0.2, 0.25) is 5.91 Å². The van der Waals surface area contributed by atoms with Gasteiger partial charge in [-0.1, -0.05) is 18.2 Å². The van der Waals surface area contributed by atoms with Gasteiger partial charge in [0.15, 0.2) is 0 Å². The predicted octanol–water partition coefficient (Wildman–Crippen LogP) is 2.66. The number of nitrogens with zero attached hydrogens (tertiary/aromatic N) is 2. The summed E-state index contributed by atoms with van der Waals surface area (Å²) in [6.07, 6.45) is 3.05. The number of hydrogen-bond acceptors (Lipinski definition) is 4. The Kier molecular flexibility index (Phi) is 4.48. The largest absolute Gasteiger partial charge is 0.488 e. The molecule has 0 aliphatic carbocycles. The minimum Gasteiger partial charge on any atom is -0.488 e. The maximum absolute atomic E-state index is 12.8. The second kappa shape index (κ2) is 6.95. The lowest BCUT2D eigenvalue weighted by atomic mass is 10.1. The van der Waals surface area contributed by atoms with Crippen LogP contribution in [0.5, 0.6) is 5.75 Å². The number of carbonyl (C=O) groups is 1. The van der Waals surface area contributed by atoms with Gasteiger partial charge in [0.1, 0.15) is 17.6 Å². The molecule has 0 spiro atoms. The first kappa shape index (κ1) is 17.4. The van der Waals surface area contributed by atoms with E-state index in [-0.39, 0.29) is 12.0 Å². The lowest BCUT2D eigenvalue weighted by Gasteiger charge is -2.17. The normalized spacial score (nSPS) is 16.8. The molecule has 27 heavy (non-hydrogen) atoms. The van der Waals surface area contributed by atoms with E-state index in [4.69, 9.17) is 9.15 Å². The molecule has 140 valence electrons. The van der Waals surface area contributed by atoms with Crippen molar-refractivity contribution in [2.45, 2.75) is 25.9 Å². The van der Waals surface area contributed by atoms with Crippen LogP contribution in [-0.2, 0) is 18.3 Å². The third-order valence-corrected chi connectivity index (χ3v) is 4.99. The van der Waals surface area contributed by atoms with Crippen LogP contribution >= 0.6 is 0 Å². The summed E-state index contributed by atoms with van der Waals surface area (Å²) in [4.78, 5) is 26.1. The second-order valence-corrected chi connectivity index (χ2v) is 7.05. The molecule has 3 aromatic rings. The molecular weight excluding hydrogens is 344 g/mol. The van der Waals surface area contributed by atoms with Gasteiger partial charge in [-0.05, 0) is 18.6 Å². The Morgan fingerprint density at radius 3 is 2.93 bits per heavy atom. The van der Waals surface area contributed by atoms with Crippen LogP contribution < -0.4 is 10.4 Å².